The highest BCUT2D eigenvalue weighted by Gasteiger charge is 2.42. The Balaban J connectivity index is 2.07. The lowest BCUT2D eigenvalue weighted by molar-refractivity contribution is -0.129. The molecule has 0 radical (unpaired) electrons. The zero-order valence-electron chi connectivity index (χ0n) is 11.0. The van der Waals surface area contributed by atoms with Gasteiger partial charge in [-0.3, -0.25) is 4.79 Å². The number of ether oxygens (including phenoxy) is 1. The number of amides is 1. The van der Waals surface area contributed by atoms with E-state index in [9.17, 15) is 4.79 Å². The van der Waals surface area contributed by atoms with Crippen LogP contribution in [0.3, 0.4) is 0 Å². The fraction of sp³-hybridized carbons (Fsp3) is 0.533. The smallest absolute Gasteiger partial charge is 0.234 e. The van der Waals surface area contributed by atoms with Crippen LogP contribution in [0, 0.1) is 0 Å². The molecule has 0 spiro atoms. The van der Waals surface area contributed by atoms with Crippen molar-refractivity contribution >= 4 is 21.8 Å². The summed E-state index contributed by atoms with van der Waals surface area (Å²) in [4.78, 5) is 11.1. The van der Waals surface area contributed by atoms with E-state index in [0.717, 1.165) is 31.2 Å². The largest absolute Gasteiger partial charge is 0.369 e. The van der Waals surface area contributed by atoms with Crippen molar-refractivity contribution in [3.8, 4) is 0 Å². The van der Waals surface area contributed by atoms with Crippen LogP contribution in [0.15, 0.2) is 30.3 Å². The van der Waals surface area contributed by atoms with Crippen molar-refractivity contribution in [1.29, 1.82) is 0 Å². The number of carbonyl (C=O) groups is 1. The summed E-state index contributed by atoms with van der Waals surface area (Å²) in [6.45, 7) is 0.524. The molecule has 0 saturated heterocycles. The fourth-order valence-corrected chi connectivity index (χ4v) is 3.27. The van der Waals surface area contributed by atoms with Crippen molar-refractivity contribution in [2.45, 2.75) is 49.1 Å². The normalized spacial score (nSPS) is 19.8. The molecule has 1 aromatic rings. The number of rotatable bonds is 5. The summed E-state index contributed by atoms with van der Waals surface area (Å²) in [7, 11) is 0. The molecule has 1 aliphatic carbocycles. The van der Waals surface area contributed by atoms with Gasteiger partial charge in [0.2, 0.25) is 5.91 Å². The lowest BCUT2D eigenvalue weighted by Gasteiger charge is -2.39. The van der Waals surface area contributed by atoms with Crippen LogP contribution < -0.4 is 5.73 Å². The maximum Gasteiger partial charge on any atom is 0.234 e. The molecule has 3 nitrogen and oxygen atoms in total. The Morgan fingerprint density at radius 1 is 1.26 bits per heavy atom. The molecular weight excluding hydrogens is 306 g/mol. The van der Waals surface area contributed by atoms with Gasteiger partial charge in [-0.05, 0) is 18.4 Å². The van der Waals surface area contributed by atoms with Crippen LogP contribution in [-0.4, -0.2) is 16.3 Å². The molecule has 1 saturated carbocycles. The lowest BCUT2D eigenvalue weighted by Crippen LogP contribution is -2.49. The summed E-state index contributed by atoms with van der Waals surface area (Å²) < 4.78 is 6.13. The molecule has 2 rings (SSSR count). The lowest BCUT2D eigenvalue weighted by atomic mass is 9.82. The maximum absolute atomic E-state index is 11.5. The van der Waals surface area contributed by atoms with Crippen LogP contribution >= 0.6 is 15.9 Å². The maximum atomic E-state index is 11.5. The van der Waals surface area contributed by atoms with Crippen molar-refractivity contribution in [3.63, 3.8) is 0 Å². The molecule has 1 aromatic carbocycles. The van der Waals surface area contributed by atoms with Crippen molar-refractivity contribution in [3.05, 3.63) is 35.9 Å². The number of hydrogen-bond donors (Lipinski definition) is 1. The second kappa shape index (κ2) is 6.53. The van der Waals surface area contributed by atoms with E-state index in [1.165, 1.54) is 6.42 Å². The van der Waals surface area contributed by atoms with E-state index in [-0.39, 0.29) is 5.91 Å². The summed E-state index contributed by atoms with van der Waals surface area (Å²) in [5.74, 6) is -0.338. The molecule has 1 aliphatic rings. The summed E-state index contributed by atoms with van der Waals surface area (Å²) in [6, 6.07) is 10.0. The first kappa shape index (κ1) is 14.5. The molecule has 19 heavy (non-hydrogen) atoms. The molecule has 0 aliphatic heterocycles. The summed E-state index contributed by atoms with van der Waals surface area (Å²) >= 11 is 3.43. The van der Waals surface area contributed by atoms with Gasteiger partial charge in [-0.15, -0.1) is 0 Å². The number of alkyl halides is 1. The summed E-state index contributed by atoms with van der Waals surface area (Å²) in [5.41, 5.74) is 6.13. The van der Waals surface area contributed by atoms with Gasteiger partial charge < -0.3 is 10.5 Å². The minimum Gasteiger partial charge on any atom is -0.369 e. The van der Waals surface area contributed by atoms with Crippen LogP contribution in [0.5, 0.6) is 0 Å². The Bertz CT molecular complexity index is 415. The quantitative estimate of drug-likeness (QED) is 0.845. The third-order valence-corrected chi connectivity index (χ3v) is 5.07. The van der Waals surface area contributed by atoms with E-state index < -0.39 is 10.4 Å². The van der Waals surface area contributed by atoms with Crippen molar-refractivity contribution < 1.29 is 9.53 Å². The number of carbonyl (C=O) groups excluding carboxylic acids is 1. The number of nitrogens with two attached hydrogens (primary N) is 1. The highest BCUT2D eigenvalue weighted by Crippen LogP contribution is 2.38. The van der Waals surface area contributed by atoms with Crippen LogP contribution in [0.2, 0.25) is 0 Å². The number of primary amides is 1. The zero-order valence-corrected chi connectivity index (χ0v) is 12.6. The van der Waals surface area contributed by atoms with Crippen molar-refractivity contribution in [2.75, 3.05) is 0 Å². The molecule has 2 N–H and O–H groups in total. The van der Waals surface area contributed by atoms with Gasteiger partial charge in [0.25, 0.3) is 0 Å². The molecule has 0 aromatic heterocycles. The first-order chi connectivity index (χ1) is 9.14. The third kappa shape index (κ3) is 3.57. The Kier molecular flexibility index (Phi) is 4.99. The molecule has 4 heteroatoms. The van der Waals surface area contributed by atoms with Gasteiger partial charge in [0.1, 0.15) is 4.83 Å². The predicted molar refractivity (Wildman–Crippen MR) is 79.0 cm³/mol. The molecule has 0 bridgehead atoms. The van der Waals surface area contributed by atoms with E-state index in [1.54, 1.807) is 0 Å². The van der Waals surface area contributed by atoms with E-state index in [0.29, 0.717) is 6.61 Å². The van der Waals surface area contributed by atoms with E-state index in [4.69, 9.17) is 10.5 Å². The Hall–Kier alpha value is -0.870. The first-order valence-electron chi connectivity index (χ1n) is 6.75. The third-order valence-electron chi connectivity index (χ3n) is 3.78. The summed E-state index contributed by atoms with van der Waals surface area (Å²) in [5, 5.41) is 0. The summed E-state index contributed by atoms with van der Waals surface area (Å²) in [6.07, 6.45) is 5.15. The fourth-order valence-electron chi connectivity index (χ4n) is 2.68. The second-order valence-electron chi connectivity index (χ2n) is 5.16. The van der Waals surface area contributed by atoms with Gasteiger partial charge in [-0.25, -0.2) is 0 Å². The number of halogens is 1. The topological polar surface area (TPSA) is 52.3 Å². The number of benzene rings is 1. The van der Waals surface area contributed by atoms with Gasteiger partial charge in [0.05, 0.1) is 12.2 Å². The van der Waals surface area contributed by atoms with E-state index in [1.807, 2.05) is 30.3 Å². The van der Waals surface area contributed by atoms with Gasteiger partial charge in [-0.1, -0.05) is 65.5 Å². The van der Waals surface area contributed by atoms with Crippen LogP contribution in [0.4, 0.5) is 0 Å². The van der Waals surface area contributed by atoms with Crippen LogP contribution in [0.25, 0.3) is 0 Å². The molecule has 1 amide bonds. The van der Waals surface area contributed by atoms with Gasteiger partial charge in [-0.2, -0.15) is 0 Å². The molecular formula is C15H20BrNO2. The van der Waals surface area contributed by atoms with Crippen LogP contribution in [-0.2, 0) is 16.1 Å². The second-order valence-corrected chi connectivity index (χ2v) is 6.08. The molecule has 1 unspecified atom stereocenters. The molecule has 104 valence electrons. The SMILES string of the molecule is NC(=O)C(Br)C1(OCc2ccccc2)CCCCC1. The van der Waals surface area contributed by atoms with Crippen molar-refractivity contribution in [2.24, 2.45) is 5.73 Å². The Labute approximate surface area is 122 Å². The average Bonchev–Trinajstić information content (AvgIpc) is 2.46. The Morgan fingerprint density at radius 2 is 1.89 bits per heavy atom. The number of hydrogen-bond acceptors (Lipinski definition) is 2. The zero-order chi connectivity index (χ0) is 13.7. The van der Waals surface area contributed by atoms with Crippen molar-refractivity contribution in [1.82, 2.24) is 0 Å². The molecule has 0 heterocycles. The van der Waals surface area contributed by atoms with Gasteiger partial charge >= 0.3 is 0 Å². The van der Waals surface area contributed by atoms with Gasteiger partial charge in [0, 0.05) is 0 Å². The van der Waals surface area contributed by atoms with Crippen LogP contribution in [0.1, 0.15) is 37.7 Å². The average molecular weight is 326 g/mol. The Morgan fingerprint density at radius 3 is 2.47 bits per heavy atom. The molecule has 1 atom stereocenters. The molecule has 1 fully saturated rings. The van der Waals surface area contributed by atoms with E-state index in [2.05, 4.69) is 15.9 Å². The minimum atomic E-state index is -0.445. The van der Waals surface area contributed by atoms with Gasteiger partial charge in [0.15, 0.2) is 0 Å². The highest BCUT2D eigenvalue weighted by atomic mass is 79.9. The minimum absolute atomic E-state index is 0.338. The first-order valence-corrected chi connectivity index (χ1v) is 7.67. The van der Waals surface area contributed by atoms with E-state index >= 15 is 0 Å². The predicted octanol–water partition coefficient (Wildman–Crippen LogP) is 3.15. The highest BCUT2D eigenvalue weighted by molar-refractivity contribution is 9.10. The standard InChI is InChI=1S/C15H20BrNO2/c16-13(14(17)18)15(9-5-2-6-10-15)19-11-12-7-3-1-4-8-12/h1,3-4,7-8,13H,2,5-6,9-11H2,(H2,17,18). The monoisotopic (exact) mass is 325 g/mol.